The van der Waals surface area contributed by atoms with Gasteiger partial charge in [-0.2, -0.15) is 0 Å². The van der Waals surface area contributed by atoms with Gasteiger partial charge in [0.2, 0.25) is 5.82 Å². The van der Waals surface area contributed by atoms with Crippen molar-refractivity contribution in [2.24, 2.45) is 0 Å². The van der Waals surface area contributed by atoms with Crippen LogP contribution in [0.5, 0.6) is 0 Å². The zero-order valence-electron chi connectivity index (χ0n) is 14.5. The third-order valence-electron chi connectivity index (χ3n) is 3.96. The van der Waals surface area contributed by atoms with Crippen molar-refractivity contribution in [3.63, 3.8) is 0 Å². The molecule has 29 heavy (non-hydrogen) atoms. The van der Waals surface area contributed by atoms with Crippen LogP contribution in [-0.4, -0.2) is 19.9 Å². The minimum Gasteiger partial charge on any atom is -0.333 e. The Morgan fingerprint density at radius 3 is 2.69 bits per heavy atom. The van der Waals surface area contributed by atoms with Gasteiger partial charge in [-0.25, -0.2) is 9.97 Å². The van der Waals surface area contributed by atoms with Gasteiger partial charge in [-0.05, 0) is 30.3 Å². The first-order valence-corrected chi connectivity index (χ1v) is 9.83. The predicted molar refractivity (Wildman–Crippen MR) is 114 cm³/mol. The highest BCUT2D eigenvalue weighted by Gasteiger charge is 2.25. The van der Waals surface area contributed by atoms with Gasteiger partial charge in [0.05, 0.1) is 21.2 Å². The van der Waals surface area contributed by atoms with E-state index in [-0.39, 0.29) is 16.5 Å². The molecule has 0 amide bonds. The number of rotatable bonds is 5. The summed E-state index contributed by atoms with van der Waals surface area (Å²) in [6.45, 7) is 0. The lowest BCUT2D eigenvalue weighted by atomic mass is 10.2. The van der Waals surface area contributed by atoms with Crippen LogP contribution >= 0.6 is 35.0 Å². The van der Waals surface area contributed by atoms with E-state index >= 15 is 0 Å². The smallest absolute Gasteiger partial charge is 0.333 e. The van der Waals surface area contributed by atoms with E-state index in [0.29, 0.717) is 15.7 Å². The van der Waals surface area contributed by atoms with Gasteiger partial charge in [0.1, 0.15) is 6.33 Å². The molecule has 1 N–H and O–H groups in total. The third kappa shape index (κ3) is 4.09. The van der Waals surface area contributed by atoms with Gasteiger partial charge < -0.3 is 5.32 Å². The molecule has 144 valence electrons. The Labute approximate surface area is 179 Å². The van der Waals surface area contributed by atoms with Crippen LogP contribution in [0.1, 0.15) is 0 Å². The molecule has 0 unspecified atom stereocenters. The average Bonchev–Trinajstić information content (AvgIpc) is 2.71. The number of fused-ring (bicyclic) bond motifs is 1. The first-order chi connectivity index (χ1) is 14.0. The molecule has 0 fully saturated rings. The maximum Gasteiger partial charge on any atom is 0.343 e. The lowest BCUT2D eigenvalue weighted by Gasteiger charge is -2.10. The zero-order valence-corrected chi connectivity index (χ0v) is 16.9. The highest BCUT2D eigenvalue weighted by Crippen LogP contribution is 2.40. The fourth-order valence-electron chi connectivity index (χ4n) is 2.68. The maximum atomic E-state index is 11.8. The number of hydrogen-bond acceptors (Lipinski definition) is 7. The third-order valence-corrected chi connectivity index (χ3v) is 5.56. The van der Waals surface area contributed by atoms with E-state index in [0.717, 1.165) is 27.6 Å². The van der Waals surface area contributed by atoms with E-state index in [2.05, 4.69) is 20.3 Å². The summed E-state index contributed by atoms with van der Waals surface area (Å²) < 4.78 is 0. The predicted octanol–water partition coefficient (Wildman–Crippen LogP) is 6.13. The molecular weight excluding hydrogens is 433 g/mol. The van der Waals surface area contributed by atoms with Crippen molar-refractivity contribution >= 4 is 63.1 Å². The van der Waals surface area contributed by atoms with Crippen LogP contribution in [0.15, 0.2) is 71.0 Å². The number of nitrogens with zero attached hydrogens (tertiary/aromatic N) is 4. The molecule has 2 aromatic heterocycles. The van der Waals surface area contributed by atoms with E-state index in [1.807, 2.05) is 30.3 Å². The highest BCUT2D eigenvalue weighted by molar-refractivity contribution is 7.99. The minimum atomic E-state index is -0.526. The zero-order chi connectivity index (χ0) is 20.4. The summed E-state index contributed by atoms with van der Waals surface area (Å²) in [4.78, 5) is 24.6. The van der Waals surface area contributed by atoms with Crippen molar-refractivity contribution in [3.05, 3.63) is 81.2 Å². The van der Waals surface area contributed by atoms with Gasteiger partial charge in [-0.15, -0.1) is 0 Å². The normalized spacial score (nSPS) is 10.8. The molecule has 0 aliphatic carbocycles. The topological polar surface area (TPSA) is 93.8 Å². The molecule has 0 bridgehead atoms. The van der Waals surface area contributed by atoms with Crippen LogP contribution in [0, 0.1) is 10.1 Å². The minimum absolute atomic E-state index is 0.0184. The first-order valence-electron chi connectivity index (χ1n) is 8.26. The van der Waals surface area contributed by atoms with Crippen molar-refractivity contribution in [2.75, 3.05) is 5.32 Å². The number of anilines is 2. The summed E-state index contributed by atoms with van der Waals surface area (Å²) in [5.74, 6) is 0.0184. The number of aromatic nitrogens is 3. The number of benzene rings is 2. The molecule has 0 spiro atoms. The number of hydrogen-bond donors (Lipinski definition) is 1. The number of nitrogens with one attached hydrogen (secondary N) is 1. The second kappa shape index (κ2) is 8.20. The number of pyridine rings is 1. The molecule has 0 saturated carbocycles. The molecule has 0 aliphatic rings. The number of nitro groups is 1. The van der Waals surface area contributed by atoms with Gasteiger partial charge in [0.25, 0.3) is 0 Å². The van der Waals surface area contributed by atoms with Gasteiger partial charge in [0, 0.05) is 21.5 Å². The Morgan fingerprint density at radius 2 is 1.86 bits per heavy atom. The summed E-state index contributed by atoms with van der Waals surface area (Å²) in [5.41, 5.74) is 0.880. The first kappa shape index (κ1) is 19.4. The van der Waals surface area contributed by atoms with Gasteiger partial charge >= 0.3 is 5.69 Å². The van der Waals surface area contributed by atoms with Crippen molar-refractivity contribution in [2.45, 2.75) is 9.92 Å². The Balaban J connectivity index is 1.77. The molecule has 2 aromatic carbocycles. The molecule has 0 radical (unpaired) electrons. The van der Waals surface area contributed by atoms with Crippen LogP contribution in [0.4, 0.5) is 17.2 Å². The second-order valence-electron chi connectivity index (χ2n) is 5.82. The Hall–Kier alpha value is -2.94. The lowest BCUT2D eigenvalue weighted by Crippen LogP contribution is -2.03. The molecule has 4 rings (SSSR count). The van der Waals surface area contributed by atoms with Crippen molar-refractivity contribution in [3.8, 4) is 0 Å². The fourth-order valence-corrected chi connectivity index (χ4v) is 4.00. The van der Waals surface area contributed by atoms with Gasteiger partial charge in [-0.1, -0.05) is 53.2 Å². The summed E-state index contributed by atoms with van der Waals surface area (Å²) in [6, 6.07) is 14.2. The molecule has 4 aromatic rings. The average molecular weight is 444 g/mol. The Morgan fingerprint density at radius 1 is 1.03 bits per heavy atom. The monoisotopic (exact) mass is 443 g/mol. The summed E-state index contributed by atoms with van der Waals surface area (Å²) in [5, 5.41) is 16.6. The fraction of sp³-hybridized carbons (Fsp3) is 0. The largest absolute Gasteiger partial charge is 0.343 e. The Bertz CT molecular complexity index is 1230. The van der Waals surface area contributed by atoms with E-state index in [9.17, 15) is 10.1 Å². The summed E-state index contributed by atoms with van der Waals surface area (Å²) in [7, 11) is 0. The van der Waals surface area contributed by atoms with Crippen molar-refractivity contribution in [1.82, 2.24) is 15.0 Å². The van der Waals surface area contributed by atoms with E-state index < -0.39 is 4.92 Å². The SMILES string of the molecule is O=[N+]([O-])c1c(Nc2cc(Cl)ccc2Cl)ncnc1Sc1cccc2cccnc12. The van der Waals surface area contributed by atoms with E-state index in [1.54, 1.807) is 24.4 Å². The molecule has 0 saturated heterocycles. The number of para-hydroxylation sites is 1. The van der Waals surface area contributed by atoms with Crippen LogP contribution < -0.4 is 5.32 Å². The standard InChI is InChI=1S/C19H11Cl2N5O2S/c20-12-6-7-13(21)14(9-12)25-18-17(26(27)28)19(24-10-23-18)29-15-5-1-3-11-4-2-8-22-16(11)15/h1-10H,(H,23,24,25). The van der Waals surface area contributed by atoms with Crippen molar-refractivity contribution < 1.29 is 4.92 Å². The molecule has 10 heteroatoms. The molecular formula is C19H11Cl2N5O2S. The quantitative estimate of drug-likeness (QED) is 0.225. The van der Waals surface area contributed by atoms with Crippen LogP contribution in [0.2, 0.25) is 10.0 Å². The number of halogens is 2. The van der Waals surface area contributed by atoms with Crippen LogP contribution in [0.3, 0.4) is 0 Å². The Kier molecular flexibility index (Phi) is 5.48. The molecule has 2 heterocycles. The molecule has 7 nitrogen and oxygen atoms in total. The summed E-state index contributed by atoms with van der Waals surface area (Å²) in [6.07, 6.45) is 2.93. The van der Waals surface area contributed by atoms with Crippen LogP contribution in [0.25, 0.3) is 10.9 Å². The summed E-state index contributed by atoms with van der Waals surface area (Å²) >= 11 is 13.3. The lowest BCUT2D eigenvalue weighted by molar-refractivity contribution is -0.387. The maximum absolute atomic E-state index is 11.8. The molecule has 0 atom stereocenters. The van der Waals surface area contributed by atoms with Crippen LogP contribution in [-0.2, 0) is 0 Å². The second-order valence-corrected chi connectivity index (χ2v) is 7.69. The molecule has 0 aliphatic heterocycles. The van der Waals surface area contributed by atoms with Gasteiger partial charge in [0.15, 0.2) is 5.03 Å². The van der Waals surface area contributed by atoms with Gasteiger partial charge in [-0.3, -0.25) is 15.1 Å². The van der Waals surface area contributed by atoms with E-state index in [1.165, 1.54) is 6.33 Å². The van der Waals surface area contributed by atoms with E-state index in [4.69, 9.17) is 23.2 Å². The van der Waals surface area contributed by atoms with Crippen molar-refractivity contribution in [1.29, 1.82) is 0 Å². The highest BCUT2D eigenvalue weighted by atomic mass is 35.5.